The molecule has 2 aliphatic carbocycles. The molecule has 33 heavy (non-hydrogen) atoms. The van der Waals surface area contributed by atoms with E-state index in [0.29, 0.717) is 31.3 Å². The molecule has 8 nitrogen and oxygen atoms in total. The number of aliphatic hydroxyl groups is 1. The molecule has 0 atom stereocenters. The van der Waals surface area contributed by atoms with Gasteiger partial charge in [-0.3, -0.25) is 4.99 Å². The number of rotatable bonds is 9. The fraction of sp³-hybridized carbons (Fsp3) is 0.640. The van der Waals surface area contributed by atoms with Crippen LogP contribution in [-0.2, 0) is 5.54 Å². The number of nitrogens with two attached hydrogens (primary N) is 1. The number of benzene rings is 1. The van der Waals surface area contributed by atoms with E-state index in [1.54, 1.807) is 6.21 Å². The maximum Gasteiger partial charge on any atom is 0.320 e. The summed E-state index contributed by atoms with van der Waals surface area (Å²) in [5, 5.41) is 16.4. The summed E-state index contributed by atoms with van der Waals surface area (Å²) in [6, 6.07) is 10.8. The molecule has 0 aromatic heterocycles. The number of urea groups is 1. The van der Waals surface area contributed by atoms with Crippen molar-refractivity contribution in [1.82, 2.24) is 15.1 Å². The van der Waals surface area contributed by atoms with E-state index in [4.69, 9.17) is 10.9 Å². The number of hydrogen-bond donors (Lipinski definition) is 3. The van der Waals surface area contributed by atoms with Crippen molar-refractivity contribution in [2.75, 3.05) is 39.8 Å². The second kappa shape index (κ2) is 10.2. The summed E-state index contributed by atoms with van der Waals surface area (Å²) >= 11 is 0. The van der Waals surface area contributed by atoms with Crippen LogP contribution in [0.15, 0.2) is 40.4 Å². The highest BCUT2D eigenvalue weighted by atomic mass is 16.3. The lowest BCUT2D eigenvalue weighted by Crippen LogP contribution is -2.56. The van der Waals surface area contributed by atoms with E-state index in [2.05, 4.69) is 57.7 Å². The van der Waals surface area contributed by atoms with E-state index < -0.39 is 0 Å². The van der Waals surface area contributed by atoms with Gasteiger partial charge in [-0.2, -0.15) is 5.10 Å². The lowest BCUT2D eigenvalue weighted by atomic mass is 9.68. The summed E-state index contributed by atoms with van der Waals surface area (Å²) in [6.07, 6.45) is 9.19. The van der Waals surface area contributed by atoms with E-state index >= 15 is 0 Å². The van der Waals surface area contributed by atoms with Crippen LogP contribution < -0.4 is 11.2 Å². The molecule has 3 fully saturated rings. The van der Waals surface area contributed by atoms with Crippen LogP contribution in [0.5, 0.6) is 0 Å². The first-order valence-corrected chi connectivity index (χ1v) is 12.2. The van der Waals surface area contributed by atoms with Crippen LogP contribution in [0, 0.1) is 5.92 Å². The van der Waals surface area contributed by atoms with Gasteiger partial charge >= 0.3 is 6.03 Å². The molecule has 1 spiro atoms. The predicted octanol–water partition coefficient (Wildman–Crippen LogP) is 2.33. The molecule has 1 aromatic carbocycles. The monoisotopic (exact) mass is 454 g/mol. The summed E-state index contributed by atoms with van der Waals surface area (Å²) in [6.45, 7) is 2.17. The highest BCUT2D eigenvalue weighted by Gasteiger charge is 2.54. The van der Waals surface area contributed by atoms with Crippen molar-refractivity contribution in [3.8, 4) is 0 Å². The van der Waals surface area contributed by atoms with Crippen molar-refractivity contribution in [3.05, 3.63) is 35.9 Å². The Kier molecular flexibility index (Phi) is 7.34. The van der Waals surface area contributed by atoms with Crippen molar-refractivity contribution in [2.24, 2.45) is 21.9 Å². The predicted molar refractivity (Wildman–Crippen MR) is 131 cm³/mol. The summed E-state index contributed by atoms with van der Waals surface area (Å²) < 4.78 is 0. The van der Waals surface area contributed by atoms with Gasteiger partial charge < -0.3 is 26.1 Å². The third-order valence-corrected chi connectivity index (χ3v) is 8.05. The Bertz CT molecular complexity index is 859. The first-order valence-electron chi connectivity index (χ1n) is 12.2. The molecule has 1 heterocycles. The minimum atomic E-state index is -0.149. The number of hydrazone groups is 1. The molecule has 8 heteroatoms. The van der Waals surface area contributed by atoms with Crippen LogP contribution in [0.3, 0.4) is 0 Å². The van der Waals surface area contributed by atoms with E-state index in [0.717, 1.165) is 32.2 Å². The molecule has 0 bridgehead atoms. The quantitative estimate of drug-likeness (QED) is 0.302. The normalized spacial score (nSPS) is 28.8. The average Bonchev–Trinajstić information content (AvgIpc) is 3.07. The molecule has 3 aliphatic rings. The topological polar surface area (TPSA) is 107 Å². The minimum Gasteiger partial charge on any atom is -0.394 e. The van der Waals surface area contributed by atoms with E-state index in [1.165, 1.54) is 24.8 Å². The molecule has 1 aromatic rings. The third-order valence-electron chi connectivity index (χ3n) is 8.05. The van der Waals surface area contributed by atoms with Gasteiger partial charge in [0.15, 0.2) is 0 Å². The molecule has 0 radical (unpaired) electrons. The van der Waals surface area contributed by atoms with E-state index in [-0.39, 0.29) is 23.7 Å². The molecule has 0 unspecified atom stereocenters. The molecule has 2 saturated carbocycles. The number of nitrogens with zero attached hydrogens (tertiary/aromatic N) is 4. The fourth-order valence-electron chi connectivity index (χ4n) is 5.76. The van der Waals surface area contributed by atoms with Gasteiger partial charge in [0.25, 0.3) is 0 Å². The first-order chi connectivity index (χ1) is 16.1. The Morgan fingerprint density at radius 2 is 1.97 bits per heavy atom. The first kappa shape index (κ1) is 23.7. The van der Waals surface area contributed by atoms with Gasteiger partial charge in [0, 0.05) is 24.8 Å². The Hall–Kier alpha value is -2.45. The SMILES string of the molecule is CNC1(c2ccccc2)CCC2(CC1)CN(CC(C=NCCO)=NN)C(=O)N2CC1CCC1. The van der Waals surface area contributed by atoms with Gasteiger partial charge in [-0.1, -0.05) is 36.8 Å². The summed E-state index contributed by atoms with van der Waals surface area (Å²) in [5.74, 6) is 6.20. The Morgan fingerprint density at radius 3 is 2.55 bits per heavy atom. The van der Waals surface area contributed by atoms with Gasteiger partial charge in [-0.15, -0.1) is 0 Å². The molecular formula is C25H38N6O2. The lowest BCUT2D eigenvalue weighted by Gasteiger charge is -2.49. The van der Waals surface area contributed by atoms with Gasteiger partial charge in [-0.05, 0) is 57.1 Å². The van der Waals surface area contributed by atoms with Gasteiger partial charge in [-0.25, -0.2) is 4.79 Å². The summed E-state index contributed by atoms with van der Waals surface area (Å²) in [5.41, 5.74) is 1.68. The second-order valence-corrected chi connectivity index (χ2v) is 9.85. The van der Waals surface area contributed by atoms with Crippen LogP contribution in [0.2, 0.25) is 0 Å². The zero-order valence-electron chi connectivity index (χ0n) is 19.7. The molecule has 1 saturated heterocycles. The molecule has 180 valence electrons. The number of amides is 2. The van der Waals surface area contributed by atoms with Crippen LogP contribution >= 0.6 is 0 Å². The molecule has 4 N–H and O–H groups in total. The molecule has 1 aliphatic heterocycles. The van der Waals surface area contributed by atoms with Crippen molar-refractivity contribution in [2.45, 2.75) is 56.0 Å². The van der Waals surface area contributed by atoms with Crippen LogP contribution in [0.1, 0.15) is 50.5 Å². The molecule has 4 rings (SSSR count). The van der Waals surface area contributed by atoms with E-state index in [1.807, 2.05) is 4.90 Å². The van der Waals surface area contributed by atoms with Crippen molar-refractivity contribution >= 4 is 18.0 Å². The Labute approximate surface area is 196 Å². The largest absolute Gasteiger partial charge is 0.394 e. The number of aliphatic hydroxyl groups excluding tert-OH is 1. The van der Waals surface area contributed by atoms with Crippen LogP contribution in [-0.4, -0.2) is 78.2 Å². The standard InChI is InChI=1S/C25H38N6O2/c1-27-25(21-8-3-2-4-9-21)12-10-24(11-13-25)19-30(18-22(29-26)16-28-14-15-32)23(33)31(24)17-20-6-5-7-20/h2-4,8-9,16,20,27,32H,5-7,10-15,17-19,26H2,1H3. The maximum atomic E-state index is 13.6. The highest BCUT2D eigenvalue weighted by molar-refractivity contribution is 6.31. The fourth-order valence-corrected chi connectivity index (χ4v) is 5.76. The smallest absolute Gasteiger partial charge is 0.320 e. The van der Waals surface area contributed by atoms with Crippen molar-refractivity contribution < 1.29 is 9.90 Å². The van der Waals surface area contributed by atoms with Gasteiger partial charge in [0.05, 0.1) is 30.9 Å². The summed E-state index contributed by atoms with van der Waals surface area (Å²) in [4.78, 5) is 21.8. The number of nitrogens with one attached hydrogen (secondary N) is 1. The molecule has 2 amide bonds. The Balaban J connectivity index is 1.53. The number of carbonyl (C=O) groups is 1. The lowest BCUT2D eigenvalue weighted by molar-refractivity contribution is 0.0585. The maximum absolute atomic E-state index is 13.6. The van der Waals surface area contributed by atoms with Crippen LogP contribution in [0.25, 0.3) is 0 Å². The third kappa shape index (κ3) is 4.77. The van der Waals surface area contributed by atoms with Crippen LogP contribution in [0.4, 0.5) is 4.79 Å². The average molecular weight is 455 g/mol. The van der Waals surface area contributed by atoms with Crippen molar-refractivity contribution in [1.29, 1.82) is 0 Å². The number of aliphatic imine (C=N–C) groups is 1. The van der Waals surface area contributed by atoms with Gasteiger partial charge in [0.1, 0.15) is 0 Å². The van der Waals surface area contributed by atoms with E-state index in [9.17, 15) is 4.79 Å². The number of hydrogen-bond acceptors (Lipinski definition) is 6. The van der Waals surface area contributed by atoms with Gasteiger partial charge in [0.2, 0.25) is 0 Å². The zero-order valence-corrected chi connectivity index (χ0v) is 19.7. The highest BCUT2D eigenvalue weighted by Crippen LogP contribution is 2.47. The molecular weight excluding hydrogens is 416 g/mol. The summed E-state index contributed by atoms with van der Waals surface area (Å²) in [7, 11) is 2.05. The minimum absolute atomic E-state index is 0.0239. The van der Waals surface area contributed by atoms with Crippen molar-refractivity contribution in [3.63, 3.8) is 0 Å². The second-order valence-electron chi connectivity index (χ2n) is 9.85. The number of carbonyl (C=O) groups excluding carboxylic acids is 1. The zero-order chi connectivity index (χ0) is 23.3. The Morgan fingerprint density at radius 1 is 1.24 bits per heavy atom.